The summed E-state index contributed by atoms with van der Waals surface area (Å²) in [7, 11) is 0. The second-order valence-corrected chi connectivity index (χ2v) is 17.5. The monoisotopic (exact) mass is 879 g/mol. The third kappa shape index (κ3) is 49.7. The fourth-order valence-corrected chi connectivity index (χ4v) is 7.27. The first-order chi connectivity index (χ1) is 31.0. The standard InChI is InChI=1S/C57H98O6/c1-4-7-10-13-16-19-22-25-27-28-29-30-33-35-38-41-44-47-50-56(59)62-53-54(52-61-55(58)49-46-43-40-37-34-31-24-21-18-15-12-9-6-3)63-57(60)51-48-45-42-39-36-32-26-23-20-17-14-11-8-5-2/h9,12,15,18,21,24,29-32,34,36,54H,4-8,10-11,13-14,16-17,19-20,22-23,25-28,33,35,37-53H2,1-3H3/b12-9-,18-15-,24-21-,30-29-,34-31-,36-32-. The largest absolute Gasteiger partial charge is 0.462 e. The first-order valence-electron chi connectivity index (χ1n) is 26.5. The second kappa shape index (κ2) is 51.5. The van der Waals surface area contributed by atoms with E-state index in [4.69, 9.17) is 14.2 Å². The Bertz CT molecular complexity index is 1190. The zero-order chi connectivity index (χ0) is 45.8. The van der Waals surface area contributed by atoms with Crippen LogP contribution in [0.4, 0.5) is 0 Å². The lowest BCUT2D eigenvalue weighted by atomic mass is 10.1. The Balaban J connectivity index is 4.43. The summed E-state index contributed by atoms with van der Waals surface area (Å²) in [5.41, 5.74) is 0. The lowest BCUT2D eigenvalue weighted by Crippen LogP contribution is -2.30. The van der Waals surface area contributed by atoms with Crippen LogP contribution in [0.1, 0.15) is 252 Å². The summed E-state index contributed by atoms with van der Waals surface area (Å²) in [5.74, 6) is -0.960. The van der Waals surface area contributed by atoms with Gasteiger partial charge in [-0.05, 0) is 89.9 Å². The topological polar surface area (TPSA) is 78.9 Å². The van der Waals surface area contributed by atoms with E-state index in [1.54, 1.807) is 0 Å². The first-order valence-corrected chi connectivity index (χ1v) is 26.5. The van der Waals surface area contributed by atoms with Gasteiger partial charge in [-0.1, -0.05) is 216 Å². The predicted octanol–water partition coefficient (Wildman–Crippen LogP) is 17.4. The van der Waals surface area contributed by atoms with Crippen LogP contribution in [0, 0.1) is 0 Å². The minimum atomic E-state index is -0.802. The molecule has 0 saturated heterocycles. The van der Waals surface area contributed by atoms with Gasteiger partial charge in [0.05, 0.1) is 0 Å². The second-order valence-electron chi connectivity index (χ2n) is 17.5. The fourth-order valence-electron chi connectivity index (χ4n) is 7.27. The maximum absolute atomic E-state index is 12.8. The van der Waals surface area contributed by atoms with Crippen molar-refractivity contribution < 1.29 is 28.6 Å². The molecule has 0 bridgehead atoms. The van der Waals surface area contributed by atoms with Gasteiger partial charge in [-0.25, -0.2) is 0 Å². The van der Waals surface area contributed by atoms with E-state index in [9.17, 15) is 14.4 Å². The maximum atomic E-state index is 12.8. The van der Waals surface area contributed by atoms with Gasteiger partial charge in [-0.2, -0.15) is 0 Å². The number of esters is 3. The molecule has 63 heavy (non-hydrogen) atoms. The molecule has 0 fully saturated rings. The Kier molecular flexibility index (Phi) is 48.9. The maximum Gasteiger partial charge on any atom is 0.306 e. The van der Waals surface area contributed by atoms with E-state index < -0.39 is 6.10 Å². The van der Waals surface area contributed by atoms with Gasteiger partial charge in [0, 0.05) is 19.3 Å². The summed E-state index contributed by atoms with van der Waals surface area (Å²) in [6, 6.07) is 0. The molecule has 0 amide bonds. The number of allylic oxidation sites excluding steroid dienone is 12. The highest BCUT2D eigenvalue weighted by molar-refractivity contribution is 5.71. The van der Waals surface area contributed by atoms with Crippen molar-refractivity contribution in [2.45, 2.75) is 258 Å². The molecule has 0 N–H and O–H groups in total. The van der Waals surface area contributed by atoms with E-state index in [-0.39, 0.29) is 31.1 Å². The van der Waals surface area contributed by atoms with Crippen molar-refractivity contribution in [3.05, 3.63) is 72.9 Å². The lowest BCUT2D eigenvalue weighted by molar-refractivity contribution is -0.167. The smallest absolute Gasteiger partial charge is 0.306 e. The molecule has 6 heteroatoms. The molecule has 0 aliphatic heterocycles. The van der Waals surface area contributed by atoms with Gasteiger partial charge in [0.2, 0.25) is 0 Å². The van der Waals surface area contributed by atoms with E-state index in [1.165, 1.54) is 122 Å². The minimum absolute atomic E-state index is 0.0984. The van der Waals surface area contributed by atoms with E-state index in [2.05, 4.69) is 57.2 Å². The van der Waals surface area contributed by atoms with Gasteiger partial charge >= 0.3 is 17.9 Å². The van der Waals surface area contributed by atoms with Crippen molar-refractivity contribution >= 4 is 17.9 Å². The van der Waals surface area contributed by atoms with Crippen LogP contribution in [0.15, 0.2) is 72.9 Å². The van der Waals surface area contributed by atoms with Crippen LogP contribution < -0.4 is 0 Å². The Labute approximate surface area is 389 Å². The summed E-state index contributed by atoms with van der Waals surface area (Å²) >= 11 is 0. The number of rotatable bonds is 47. The van der Waals surface area contributed by atoms with Crippen molar-refractivity contribution in [3.8, 4) is 0 Å². The molecule has 0 heterocycles. The fraction of sp³-hybridized carbons (Fsp3) is 0.737. The molecule has 1 unspecified atom stereocenters. The van der Waals surface area contributed by atoms with Gasteiger partial charge in [0.1, 0.15) is 13.2 Å². The molecule has 0 saturated carbocycles. The molecule has 0 aliphatic rings. The lowest BCUT2D eigenvalue weighted by Gasteiger charge is -2.18. The quantitative estimate of drug-likeness (QED) is 0.0199. The Morgan fingerprint density at radius 1 is 0.333 bits per heavy atom. The van der Waals surface area contributed by atoms with Crippen molar-refractivity contribution in [3.63, 3.8) is 0 Å². The highest BCUT2D eigenvalue weighted by Crippen LogP contribution is 2.14. The summed E-state index contributed by atoms with van der Waals surface area (Å²) in [5, 5.41) is 0. The number of hydrogen-bond donors (Lipinski definition) is 0. The number of ether oxygens (including phenoxy) is 3. The summed E-state index contributed by atoms with van der Waals surface area (Å²) in [6.45, 7) is 6.44. The van der Waals surface area contributed by atoms with Gasteiger partial charge < -0.3 is 14.2 Å². The van der Waals surface area contributed by atoms with Crippen molar-refractivity contribution in [1.82, 2.24) is 0 Å². The number of carbonyl (C=O) groups excluding carboxylic acids is 3. The third-order valence-corrected chi connectivity index (χ3v) is 11.3. The van der Waals surface area contributed by atoms with Crippen LogP contribution in [0.3, 0.4) is 0 Å². The first kappa shape index (κ1) is 59.9. The molecule has 0 spiro atoms. The number of carbonyl (C=O) groups is 3. The molecule has 0 aromatic heterocycles. The summed E-state index contributed by atoms with van der Waals surface area (Å²) < 4.78 is 16.8. The molecular formula is C57H98O6. The molecule has 1 atom stereocenters. The molecule has 0 aromatic carbocycles. The molecule has 0 radical (unpaired) electrons. The highest BCUT2D eigenvalue weighted by atomic mass is 16.6. The molecule has 362 valence electrons. The van der Waals surface area contributed by atoms with Crippen molar-refractivity contribution in [2.75, 3.05) is 13.2 Å². The van der Waals surface area contributed by atoms with E-state index >= 15 is 0 Å². The molecule has 0 rings (SSSR count). The third-order valence-electron chi connectivity index (χ3n) is 11.3. The SMILES string of the molecule is CC\C=C/C=C\C=C/C=C\CCCCCC(=O)OCC(COC(=O)CCCCCCC/C=C\CCCCCCCCCCC)OC(=O)CCCCC/C=C\CCCCCCCCC. The van der Waals surface area contributed by atoms with Gasteiger partial charge in [-0.3, -0.25) is 14.4 Å². The van der Waals surface area contributed by atoms with Crippen LogP contribution >= 0.6 is 0 Å². The van der Waals surface area contributed by atoms with Gasteiger partial charge in [0.25, 0.3) is 0 Å². The van der Waals surface area contributed by atoms with Crippen LogP contribution in [0.25, 0.3) is 0 Å². The summed E-state index contributed by atoms with van der Waals surface area (Å²) in [6.07, 6.45) is 64.6. The summed E-state index contributed by atoms with van der Waals surface area (Å²) in [4.78, 5) is 38.0. The zero-order valence-electron chi connectivity index (χ0n) is 41.3. The van der Waals surface area contributed by atoms with Crippen LogP contribution in [-0.4, -0.2) is 37.2 Å². The molecule has 0 aromatic rings. The van der Waals surface area contributed by atoms with Crippen molar-refractivity contribution in [2.24, 2.45) is 0 Å². The Hall–Kier alpha value is -3.15. The zero-order valence-corrected chi connectivity index (χ0v) is 41.3. The average molecular weight is 879 g/mol. The van der Waals surface area contributed by atoms with Gasteiger partial charge in [-0.15, -0.1) is 0 Å². The Morgan fingerprint density at radius 3 is 1.03 bits per heavy atom. The molecule has 6 nitrogen and oxygen atoms in total. The molecule has 0 aliphatic carbocycles. The van der Waals surface area contributed by atoms with E-state index in [0.29, 0.717) is 19.3 Å². The number of hydrogen-bond acceptors (Lipinski definition) is 6. The average Bonchev–Trinajstić information content (AvgIpc) is 3.28. The number of unbranched alkanes of at least 4 members (excludes halogenated alkanes) is 27. The van der Waals surface area contributed by atoms with Crippen LogP contribution in [-0.2, 0) is 28.6 Å². The van der Waals surface area contributed by atoms with Crippen molar-refractivity contribution in [1.29, 1.82) is 0 Å². The highest BCUT2D eigenvalue weighted by Gasteiger charge is 2.19. The molecular weight excluding hydrogens is 781 g/mol. The minimum Gasteiger partial charge on any atom is -0.462 e. The van der Waals surface area contributed by atoms with Gasteiger partial charge in [0.15, 0.2) is 6.10 Å². The van der Waals surface area contributed by atoms with E-state index in [1.807, 2.05) is 36.5 Å². The normalized spacial score (nSPS) is 12.6. The van der Waals surface area contributed by atoms with Crippen LogP contribution in [0.2, 0.25) is 0 Å². The van der Waals surface area contributed by atoms with E-state index in [0.717, 1.165) is 89.9 Å². The predicted molar refractivity (Wildman–Crippen MR) is 270 cm³/mol. The van der Waals surface area contributed by atoms with Crippen LogP contribution in [0.5, 0.6) is 0 Å². The Morgan fingerprint density at radius 2 is 0.635 bits per heavy atom.